The molecule has 5 heteroatoms. The lowest BCUT2D eigenvalue weighted by atomic mass is 10.3. The number of carbonyl (C=O) groups excluding carboxylic acids is 1. The van der Waals surface area contributed by atoms with E-state index >= 15 is 0 Å². The first-order chi connectivity index (χ1) is 7.29. The maximum absolute atomic E-state index is 10.8. The van der Waals surface area contributed by atoms with Crippen LogP contribution in [0.3, 0.4) is 0 Å². The Hall–Kier alpha value is -1.49. The Morgan fingerprint density at radius 3 is 3.27 bits per heavy atom. The number of hydrogen-bond donors (Lipinski definition) is 0. The zero-order valence-electron chi connectivity index (χ0n) is 7.97. The highest BCUT2D eigenvalue weighted by Crippen LogP contribution is 2.35. The van der Waals surface area contributed by atoms with Crippen molar-refractivity contribution in [3.8, 4) is 11.5 Å². The molecule has 80 valence electrons. The summed E-state index contributed by atoms with van der Waals surface area (Å²) >= 11 is 1.51. The van der Waals surface area contributed by atoms with Gasteiger partial charge >= 0.3 is 5.97 Å². The zero-order valence-corrected chi connectivity index (χ0v) is 8.79. The summed E-state index contributed by atoms with van der Waals surface area (Å²) in [7, 11) is 0. The SMILES string of the molecule is C=CC(=O)OCC1COc2cscc2O1. The molecule has 0 N–H and O–H groups in total. The van der Waals surface area contributed by atoms with Crippen molar-refractivity contribution in [2.45, 2.75) is 6.10 Å². The number of fused-ring (bicyclic) bond motifs is 1. The van der Waals surface area contributed by atoms with Gasteiger partial charge in [0, 0.05) is 16.8 Å². The van der Waals surface area contributed by atoms with Gasteiger partial charge in [-0.05, 0) is 0 Å². The van der Waals surface area contributed by atoms with E-state index in [9.17, 15) is 4.79 Å². The van der Waals surface area contributed by atoms with Crippen LogP contribution in [0.1, 0.15) is 0 Å². The van der Waals surface area contributed by atoms with Crippen LogP contribution in [-0.4, -0.2) is 25.3 Å². The summed E-state index contributed by atoms with van der Waals surface area (Å²) in [6, 6.07) is 0. The van der Waals surface area contributed by atoms with E-state index < -0.39 is 5.97 Å². The fourth-order valence-corrected chi connectivity index (χ4v) is 1.85. The Morgan fingerprint density at radius 2 is 2.47 bits per heavy atom. The molecule has 2 heterocycles. The van der Waals surface area contributed by atoms with E-state index in [2.05, 4.69) is 6.58 Å². The van der Waals surface area contributed by atoms with E-state index in [1.165, 1.54) is 11.3 Å². The third kappa shape index (κ3) is 2.30. The molecule has 4 nitrogen and oxygen atoms in total. The van der Waals surface area contributed by atoms with E-state index in [1.807, 2.05) is 10.8 Å². The second-order valence-corrected chi connectivity index (χ2v) is 3.73. The lowest BCUT2D eigenvalue weighted by Crippen LogP contribution is -2.33. The van der Waals surface area contributed by atoms with Crippen molar-refractivity contribution in [2.75, 3.05) is 13.2 Å². The van der Waals surface area contributed by atoms with Crippen LogP contribution in [0.4, 0.5) is 0 Å². The van der Waals surface area contributed by atoms with Crippen molar-refractivity contribution in [3.05, 3.63) is 23.4 Å². The van der Waals surface area contributed by atoms with Crippen molar-refractivity contribution in [1.29, 1.82) is 0 Å². The van der Waals surface area contributed by atoms with Crippen LogP contribution in [0.2, 0.25) is 0 Å². The number of ether oxygens (including phenoxy) is 3. The number of esters is 1. The Morgan fingerprint density at radius 1 is 1.67 bits per heavy atom. The molecule has 1 atom stereocenters. The Kier molecular flexibility index (Phi) is 2.91. The minimum Gasteiger partial charge on any atom is -0.485 e. The fraction of sp³-hybridized carbons (Fsp3) is 0.300. The zero-order chi connectivity index (χ0) is 10.7. The van der Waals surface area contributed by atoms with Gasteiger partial charge in [0.15, 0.2) is 17.6 Å². The summed E-state index contributed by atoms with van der Waals surface area (Å²) in [5, 5.41) is 3.73. The van der Waals surface area contributed by atoms with Gasteiger partial charge < -0.3 is 14.2 Å². The number of rotatable bonds is 3. The van der Waals surface area contributed by atoms with Gasteiger partial charge in [-0.25, -0.2) is 4.79 Å². The summed E-state index contributed by atoms with van der Waals surface area (Å²) in [6.07, 6.45) is 0.885. The van der Waals surface area contributed by atoms with E-state index in [0.29, 0.717) is 12.4 Å². The van der Waals surface area contributed by atoms with Crippen molar-refractivity contribution < 1.29 is 19.0 Å². The molecule has 0 spiro atoms. The van der Waals surface area contributed by atoms with E-state index in [-0.39, 0.29) is 12.7 Å². The molecule has 1 aliphatic heterocycles. The lowest BCUT2D eigenvalue weighted by Gasteiger charge is -2.23. The molecule has 0 saturated heterocycles. The molecule has 15 heavy (non-hydrogen) atoms. The van der Waals surface area contributed by atoms with Gasteiger partial charge in [-0.15, -0.1) is 11.3 Å². The van der Waals surface area contributed by atoms with Gasteiger partial charge in [0.05, 0.1) is 0 Å². The second-order valence-electron chi connectivity index (χ2n) is 2.99. The average Bonchev–Trinajstić information content (AvgIpc) is 2.72. The molecule has 2 rings (SSSR count). The normalized spacial score (nSPS) is 18.3. The number of hydrogen-bond acceptors (Lipinski definition) is 5. The van der Waals surface area contributed by atoms with Crippen molar-refractivity contribution in [1.82, 2.24) is 0 Å². The first-order valence-corrected chi connectivity index (χ1v) is 5.38. The third-order valence-corrected chi connectivity index (χ3v) is 2.59. The van der Waals surface area contributed by atoms with Crippen LogP contribution in [0.15, 0.2) is 23.4 Å². The molecule has 1 aromatic heterocycles. The second kappa shape index (κ2) is 4.35. The number of carbonyl (C=O) groups is 1. The molecule has 0 aromatic carbocycles. The predicted molar refractivity (Wildman–Crippen MR) is 55.4 cm³/mol. The average molecular weight is 226 g/mol. The molecule has 0 fully saturated rings. The van der Waals surface area contributed by atoms with E-state index in [1.54, 1.807) is 0 Å². The first-order valence-electron chi connectivity index (χ1n) is 4.44. The van der Waals surface area contributed by atoms with Gasteiger partial charge in [0.2, 0.25) is 0 Å². The highest BCUT2D eigenvalue weighted by atomic mass is 32.1. The summed E-state index contributed by atoms with van der Waals surface area (Å²) in [5.74, 6) is 1.02. The summed E-state index contributed by atoms with van der Waals surface area (Å²) in [6.45, 7) is 3.88. The van der Waals surface area contributed by atoms with Gasteiger partial charge in [0.1, 0.15) is 13.2 Å². The highest BCUT2D eigenvalue weighted by Gasteiger charge is 2.22. The third-order valence-electron chi connectivity index (χ3n) is 1.89. The van der Waals surface area contributed by atoms with Gasteiger partial charge in [0.25, 0.3) is 0 Å². The van der Waals surface area contributed by atoms with Gasteiger partial charge in [-0.3, -0.25) is 0 Å². The Labute approximate surface area is 91.1 Å². The van der Waals surface area contributed by atoms with Crippen molar-refractivity contribution >= 4 is 17.3 Å². The summed E-state index contributed by atoms with van der Waals surface area (Å²) in [5.41, 5.74) is 0. The standard InChI is InChI=1S/C10H10O4S/c1-2-10(11)13-4-7-3-12-8-5-15-6-9(8)14-7/h2,5-7H,1,3-4H2. The van der Waals surface area contributed by atoms with Crippen LogP contribution >= 0.6 is 11.3 Å². The Balaban J connectivity index is 1.87. The smallest absolute Gasteiger partial charge is 0.330 e. The number of thiophene rings is 1. The van der Waals surface area contributed by atoms with Gasteiger partial charge in [-0.1, -0.05) is 6.58 Å². The molecule has 1 aromatic rings. The van der Waals surface area contributed by atoms with Gasteiger partial charge in [-0.2, -0.15) is 0 Å². The minimum absolute atomic E-state index is 0.181. The molecule has 0 radical (unpaired) electrons. The molecular weight excluding hydrogens is 216 g/mol. The van der Waals surface area contributed by atoms with Crippen LogP contribution in [0.25, 0.3) is 0 Å². The lowest BCUT2D eigenvalue weighted by molar-refractivity contribution is -0.140. The molecule has 0 saturated carbocycles. The van der Waals surface area contributed by atoms with Crippen LogP contribution in [0.5, 0.6) is 11.5 Å². The highest BCUT2D eigenvalue weighted by molar-refractivity contribution is 7.08. The fourth-order valence-electron chi connectivity index (χ4n) is 1.18. The molecule has 1 unspecified atom stereocenters. The minimum atomic E-state index is -0.449. The summed E-state index contributed by atoms with van der Waals surface area (Å²) < 4.78 is 15.8. The predicted octanol–water partition coefficient (Wildman–Crippen LogP) is 1.62. The van der Waals surface area contributed by atoms with Crippen LogP contribution < -0.4 is 9.47 Å². The summed E-state index contributed by atoms with van der Waals surface area (Å²) in [4.78, 5) is 10.8. The van der Waals surface area contributed by atoms with Crippen molar-refractivity contribution in [2.24, 2.45) is 0 Å². The molecule has 1 aliphatic rings. The quantitative estimate of drug-likeness (QED) is 0.580. The maximum Gasteiger partial charge on any atom is 0.330 e. The maximum atomic E-state index is 10.8. The Bertz CT molecular complexity index is 371. The van der Waals surface area contributed by atoms with Crippen LogP contribution in [-0.2, 0) is 9.53 Å². The van der Waals surface area contributed by atoms with Crippen molar-refractivity contribution in [3.63, 3.8) is 0 Å². The monoisotopic (exact) mass is 226 g/mol. The molecular formula is C10H10O4S. The topological polar surface area (TPSA) is 44.8 Å². The molecule has 0 aliphatic carbocycles. The largest absolute Gasteiger partial charge is 0.485 e. The molecule has 0 amide bonds. The molecule has 0 bridgehead atoms. The van der Waals surface area contributed by atoms with E-state index in [0.717, 1.165) is 11.8 Å². The van der Waals surface area contributed by atoms with Crippen LogP contribution in [0, 0.1) is 0 Å². The van der Waals surface area contributed by atoms with E-state index in [4.69, 9.17) is 14.2 Å². The first kappa shape index (κ1) is 10.0.